The first-order valence-electron chi connectivity index (χ1n) is 10.1. The first kappa shape index (κ1) is 22.6. The molecule has 0 saturated carbocycles. The average Bonchev–Trinajstić information content (AvgIpc) is 2.80. The molecule has 0 atom stereocenters. The van der Waals surface area contributed by atoms with Crippen LogP contribution in [0.1, 0.15) is 23.1 Å². The molecular formula is C25H25N3O4. The van der Waals surface area contributed by atoms with Gasteiger partial charge in [-0.2, -0.15) is 5.10 Å². The lowest BCUT2D eigenvalue weighted by Crippen LogP contribution is -2.24. The van der Waals surface area contributed by atoms with Gasteiger partial charge in [0.1, 0.15) is 13.0 Å². The number of methoxy groups -OCH3 is 1. The van der Waals surface area contributed by atoms with Crippen LogP contribution >= 0.6 is 0 Å². The van der Waals surface area contributed by atoms with Crippen LogP contribution in [0, 0.1) is 6.92 Å². The van der Waals surface area contributed by atoms with E-state index in [2.05, 4.69) is 15.8 Å². The largest absolute Gasteiger partial charge is 0.493 e. The molecule has 3 rings (SSSR count). The quantitative estimate of drug-likeness (QED) is 0.304. The van der Waals surface area contributed by atoms with Crippen LogP contribution in [0.2, 0.25) is 0 Å². The lowest BCUT2D eigenvalue weighted by molar-refractivity contribution is -0.126. The summed E-state index contributed by atoms with van der Waals surface area (Å²) in [5.41, 5.74) is 5.83. The van der Waals surface area contributed by atoms with Gasteiger partial charge in [0.2, 0.25) is 11.8 Å². The van der Waals surface area contributed by atoms with Crippen molar-refractivity contribution in [1.82, 2.24) is 5.43 Å². The molecule has 0 bridgehead atoms. The van der Waals surface area contributed by atoms with Gasteiger partial charge in [-0.15, -0.1) is 0 Å². The summed E-state index contributed by atoms with van der Waals surface area (Å²) in [5, 5.41) is 6.58. The van der Waals surface area contributed by atoms with Crippen molar-refractivity contribution in [2.75, 3.05) is 12.4 Å². The van der Waals surface area contributed by atoms with E-state index in [-0.39, 0.29) is 6.42 Å². The molecule has 7 heteroatoms. The SMILES string of the molecule is COc1cc(C=NNC(=O)CC(=O)Nc2ccc(C)cc2)ccc1OCc1ccccc1. The molecule has 0 aliphatic heterocycles. The predicted octanol–water partition coefficient (Wildman–Crippen LogP) is 4.06. The molecule has 0 saturated heterocycles. The van der Waals surface area contributed by atoms with E-state index in [0.29, 0.717) is 29.4 Å². The number of amides is 2. The van der Waals surface area contributed by atoms with Crippen molar-refractivity contribution in [2.45, 2.75) is 20.0 Å². The standard InChI is InChI=1S/C25H25N3O4/c1-18-8-11-21(12-9-18)27-24(29)15-25(30)28-26-16-20-10-13-22(23(14-20)31-2)32-17-19-6-4-3-5-7-19/h3-14,16H,15,17H2,1-2H3,(H,27,29)(H,28,30). The van der Waals surface area contributed by atoms with Crippen LogP contribution in [-0.2, 0) is 16.2 Å². The van der Waals surface area contributed by atoms with E-state index in [9.17, 15) is 9.59 Å². The molecule has 0 spiro atoms. The van der Waals surface area contributed by atoms with Crippen LogP contribution in [0.4, 0.5) is 5.69 Å². The number of anilines is 1. The third-order valence-electron chi connectivity index (χ3n) is 4.48. The lowest BCUT2D eigenvalue weighted by Gasteiger charge is -2.11. The summed E-state index contributed by atoms with van der Waals surface area (Å²) in [6, 6.07) is 22.5. The Bertz CT molecular complexity index is 1080. The van der Waals surface area contributed by atoms with Gasteiger partial charge < -0.3 is 14.8 Å². The van der Waals surface area contributed by atoms with Gasteiger partial charge in [-0.25, -0.2) is 5.43 Å². The Labute approximate surface area is 187 Å². The van der Waals surface area contributed by atoms with Crippen LogP contribution < -0.4 is 20.2 Å². The van der Waals surface area contributed by atoms with Gasteiger partial charge >= 0.3 is 0 Å². The van der Waals surface area contributed by atoms with E-state index < -0.39 is 11.8 Å². The van der Waals surface area contributed by atoms with Gasteiger partial charge in [-0.3, -0.25) is 9.59 Å². The molecule has 2 amide bonds. The molecule has 32 heavy (non-hydrogen) atoms. The van der Waals surface area contributed by atoms with Gasteiger partial charge in [0, 0.05) is 5.69 Å². The van der Waals surface area contributed by atoms with Crippen molar-refractivity contribution in [3.63, 3.8) is 0 Å². The van der Waals surface area contributed by atoms with E-state index in [1.807, 2.05) is 49.4 Å². The normalized spacial score (nSPS) is 10.6. The third-order valence-corrected chi connectivity index (χ3v) is 4.48. The summed E-state index contributed by atoms with van der Waals surface area (Å²) in [6.07, 6.45) is 1.14. The van der Waals surface area contributed by atoms with Gasteiger partial charge in [-0.05, 0) is 48.4 Å². The van der Waals surface area contributed by atoms with Crippen molar-refractivity contribution in [3.8, 4) is 11.5 Å². The maximum absolute atomic E-state index is 12.0. The van der Waals surface area contributed by atoms with E-state index in [0.717, 1.165) is 11.1 Å². The Morgan fingerprint density at radius 1 is 0.938 bits per heavy atom. The fourth-order valence-corrected chi connectivity index (χ4v) is 2.83. The molecule has 0 heterocycles. The molecule has 0 aromatic heterocycles. The van der Waals surface area contributed by atoms with Crippen LogP contribution in [0.15, 0.2) is 77.9 Å². The Balaban J connectivity index is 1.50. The Morgan fingerprint density at radius 2 is 1.69 bits per heavy atom. The number of aryl methyl sites for hydroxylation is 1. The van der Waals surface area contributed by atoms with E-state index in [1.165, 1.54) is 6.21 Å². The Kier molecular flexibility index (Phi) is 7.97. The van der Waals surface area contributed by atoms with Crippen LogP contribution in [0.25, 0.3) is 0 Å². The first-order valence-corrected chi connectivity index (χ1v) is 10.1. The maximum atomic E-state index is 12.0. The van der Waals surface area contributed by atoms with Crippen LogP contribution in [0.5, 0.6) is 11.5 Å². The summed E-state index contributed by atoms with van der Waals surface area (Å²) in [6.45, 7) is 2.38. The number of hydrogen-bond donors (Lipinski definition) is 2. The highest BCUT2D eigenvalue weighted by atomic mass is 16.5. The third kappa shape index (κ3) is 6.98. The highest BCUT2D eigenvalue weighted by Gasteiger charge is 2.09. The smallest absolute Gasteiger partial charge is 0.249 e. The molecular weight excluding hydrogens is 406 g/mol. The summed E-state index contributed by atoms with van der Waals surface area (Å²) < 4.78 is 11.2. The fourth-order valence-electron chi connectivity index (χ4n) is 2.83. The second-order valence-corrected chi connectivity index (χ2v) is 7.07. The number of nitrogens with one attached hydrogen (secondary N) is 2. The molecule has 0 radical (unpaired) electrons. The fraction of sp³-hybridized carbons (Fsp3) is 0.160. The highest BCUT2D eigenvalue weighted by molar-refractivity contribution is 6.03. The zero-order chi connectivity index (χ0) is 22.8. The van der Waals surface area contributed by atoms with Crippen molar-refractivity contribution in [1.29, 1.82) is 0 Å². The van der Waals surface area contributed by atoms with E-state index in [4.69, 9.17) is 9.47 Å². The van der Waals surface area contributed by atoms with Gasteiger partial charge in [0.15, 0.2) is 11.5 Å². The summed E-state index contributed by atoms with van der Waals surface area (Å²) in [7, 11) is 1.56. The second-order valence-electron chi connectivity index (χ2n) is 7.07. The molecule has 0 fully saturated rings. The van der Waals surface area contributed by atoms with Crippen molar-refractivity contribution < 1.29 is 19.1 Å². The number of ether oxygens (including phenoxy) is 2. The molecule has 3 aromatic rings. The second kappa shape index (κ2) is 11.3. The first-order chi connectivity index (χ1) is 15.5. The van der Waals surface area contributed by atoms with Crippen LogP contribution in [0.3, 0.4) is 0 Å². The maximum Gasteiger partial charge on any atom is 0.249 e. The number of carbonyl (C=O) groups is 2. The average molecular weight is 431 g/mol. The molecule has 0 aliphatic carbocycles. The zero-order valence-electron chi connectivity index (χ0n) is 18.0. The summed E-state index contributed by atoms with van der Waals surface area (Å²) >= 11 is 0. The lowest BCUT2D eigenvalue weighted by atomic mass is 10.2. The minimum atomic E-state index is -0.513. The van der Waals surface area contributed by atoms with Gasteiger partial charge in [0.05, 0.1) is 13.3 Å². The summed E-state index contributed by atoms with van der Waals surface area (Å²) in [4.78, 5) is 23.9. The van der Waals surface area contributed by atoms with E-state index in [1.54, 1.807) is 37.4 Å². The number of carbonyl (C=O) groups excluding carboxylic acids is 2. The molecule has 0 aliphatic rings. The van der Waals surface area contributed by atoms with Gasteiger partial charge in [-0.1, -0.05) is 48.0 Å². The zero-order valence-corrected chi connectivity index (χ0v) is 18.0. The minimum absolute atomic E-state index is 0.333. The monoisotopic (exact) mass is 431 g/mol. The van der Waals surface area contributed by atoms with Gasteiger partial charge in [0.25, 0.3) is 0 Å². The van der Waals surface area contributed by atoms with Crippen molar-refractivity contribution in [3.05, 3.63) is 89.5 Å². The minimum Gasteiger partial charge on any atom is -0.493 e. The number of hydrazone groups is 1. The topological polar surface area (TPSA) is 89.0 Å². The number of nitrogens with zero attached hydrogens (tertiary/aromatic N) is 1. The predicted molar refractivity (Wildman–Crippen MR) is 124 cm³/mol. The Hall–Kier alpha value is -4.13. The highest BCUT2D eigenvalue weighted by Crippen LogP contribution is 2.28. The number of hydrogen-bond acceptors (Lipinski definition) is 5. The number of rotatable bonds is 9. The molecule has 3 aromatic carbocycles. The van der Waals surface area contributed by atoms with Crippen LogP contribution in [-0.4, -0.2) is 25.1 Å². The molecule has 164 valence electrons. The Morgan fingerprint density at radius 3 is 2.41 bits per heavy atom. The number of benzene rings is 3. The van der Waals surface area contributed by atoms with Crippen molar-refractivity contribution >= 4 is 23.7 Å². The van der Waals surface area contributed by atoms with E-state index >= 15 is 0 Å². The summed E-state index contributed by atoms with van der Waals surface area (Å²) in [5.74, 6) is 0.225. The molecule has 7 nitrogen and oxygen atoms in total. The molecule has 2 N–H and O–H groups in total. The van der Waals surface area contributed by atoms with Crippen molar-refractivity contribution in [2.24, 2.45) is 5.10 Å². The molecule has 0 unspecified atom stereocenters.